The van der Waals surface area contributed by atoms with E-state index in [1.165, 1.54) is 18.2 Å². The van der Waals surface area contributed by atoms with Gasteiger partial charge in [0.15, 0.2) is 0 Å². The first-order chi connectivity index (χ1) is 11.1. The van der Waals surface area contributed by atoms with Crippen LogP contribution in [0.3, 0.4) is 0 Å². The topological polar surface area (TPSA) is 113 Å². The number of amides is 2. The Morgan fingerprint density at radius 1 is 1.22 bits per heavy atom. The first kappa shape index (κ1) is 14.5. The summed E-state index contributed by atoms with van der Waals surface area (Å²) in [7, 11) is 0. The zero-order valence-electron chi connectivity index (χ0n) is 11.9. The fourth-order valence-corrected chi connectivity index (χ4v) is 2.10. The van der Waals surface area contributed by atoms with E-state index in [2.05, 4.69) is 20.6 Å². The van der Waals surface area contributed by atoms with Crippen molar-refractivity contribution in [3.8, 4) is 0 Å². The van der Waals surface area contributed by atoms with Crippen molar-refractivity contribution in [1.82, 2.24) is 15.3 Å². The number of nitrogens with one attached hydrogen (secondary N) is 3. The molecule has 8 nitrogen and oxygen atoms in total. The number of aromatic nitrogens is 2. The molecule has 0 aliphatic heterocycles. The van der Waals surface area contributed by atoms with Crippen molar-refractivity contribution in [2.24, 2.45) is 0 Å². The van der Waals surface area contributed by atoms with E-state index in [9.17, 15) is 14.9 Å². The van der Waals surface area contributed by atoms with Gasteiger partial charge in [-0.25, -0.2) is 9.78 Å². The van der Waals surface area contributed by atoms with E-state index in [0.717, 1.165) is 5.56 Å². The van der Waals surface area contributed by atoms with Crippen molar-refractivity contribution < 1.29 is 9.72 Å². The third-order valence-corrected chi connectivity index (χ3v) is 3.20. The van der Waals surface area contributed by atoms with Crippen molar-refractivity contribution in [2.75, 3.05) is 5.32 Å². The van der Waals surface area contributed by atoms with Crippen LogP contribution >= 0.6 is 0 Å². The predicted molar refractivity (Wildman–Crippen MR) is 85.0 cm³/mol. The molecule has 0 unspecified atom stereocenters. The van der Waals surface area contributed by atoms with Gasteiger partial charge < -0.3 is 10.3 Å². The molecule has 3 aromatic rings. The van der Waals surface area contributed by atoms with Crippen molar-refractivity contribution >= 4 is 28.7 Å². The highest BCUT2D eigenvalue weighted by atomic mass is 16.6. The van der Waals surface area contributed by atoms with Crippen molar-refractivity contribution in [2.45, 2.75) is 6.54 Å². The van der Waals surface area contributed by atoms with Crippen molar-refractivity contribution in [1.29, 1.82) is 0 Å². The lowest BCUT2D eigenvalue weighted by Crippen LogP contribution is -2.28. The Balaban J connectivity index is 1.66. The van der Waals surface area contributed by atoms with Crippen molar-refractivity contribution in [3.63, 3.8) is 0 Å². The van der Waals surface area contributed by atoms with E-state index in [0.29, 0.717) is 17.6 Å². The van der Waals surface area contributed by atoms with Crippen LogP contribution in [0.5, 0.6) is 0 Å². The summed E-state index contributed by atoms with van der Waals surface area (Å²) < 4.78 is 0. The van der Waals surface area contributed by atoms with Gasteiger partial charge in [0.2, 0.25) is 5.95 Å². The second-order valence-corrected chi connectivity index (χ2v) is 4.84. The van der Waals surface area contributed by atoms with Gasteiger partial charge in [-0.15, -0.1) is 0 Å². The maximum absolute atomic E-state index is 11.8. The number of urea groups is 1. The average molecular weight is 311 g/mol. The Hall–Kier alpha value is -3.42. The molecule has 0 saturated carbocycles. The summed E-state index contributed by atoms with van der Waals surface area (Å²) in [5.74, 6) is 0.228. The lowest BCUT2D eigenvalue weighted by molar-refractivity contribution is -0.384. The molecule has 116 valence electrons. The Labute approximate surface area is 130 Å². The lowest BCUT2D eigenvalue weighted by Gasteiger charge is -2.05. The van der Waals surface area contributed by atoms with Crippen LogP contribution in [0, 0.1) is 10.1 Å². The number of H-pyrrole nitrogens is 1. The van der Waals surface area contributed by atoms with Crippen LogP contribution in [0.4, 0.5) is 16.4 Å². The molecule has 0 saturated heterocycles. The SMILES string of the molecule is O=C(NCc1ccccc1)Nc1nc2ccc([N+](=O)[O-])cc2[nH]1. The van der Waals surface area contributed by atoms with Crippen LogP contribution in [0.25, 0.3) is 11.0 Å². The number of nitrogens with zero attached hydrogens (tertiary/aromatic N) is 2. The number of carbonyl (C=O) groups is 1. The highest BCUT2D eigenvalue weighted by Crippen LogP contribution is 2.20. The fraction of sp³-hybridized carbons (Fsp3) is 0.0667. The van der Waals surface area contributed by atoms with E-state index in [-0.39, 0.29) is 11.6 Å². The van der Waals surface area contributed by atoms with Gasteiger partial charge in [-0.2, -0.15) is 0 Å². The van der Waals surface area contributed by atoms with Gasteiger partial charge in [0.1, 0.15) is 0 Å². The molecule has 2 amide bonds. The number of hydrogen-bond acceptors (Lipinski definition) is 4. The smallest absolute Gasteiger partial charge is 0.321 e. The van der Waals surface area contributed by atoms with Gasteiger partial charge >= 0.3 is 6.03 Å². The summed E-state index contributed by atoms with van der Waals surface area (Å²) in [6, 6.07) is 13.3. The molecule has 0 bridgehead atoms. The fourth-order valence-electron chi connectivity index (χ4n) is 2.10. The molecule has 3 N–H and O–H groups in total. The molecule has 0 radical (unpaired) electrons. The number of nitro benzene ring substituents is 1. The standard InChI is InChI=1S/C15H13N5O3/c21-15(16-9-10-4-2-1-3-5-10)19-14-17-12-7-6-11(20(22)23)8-13(12)18-14/h1-8H,9H2,(H3,16,17,18,19,21). The highest BCUT2D eigenvalue weighted by Gasteiger charge is 2.11. The van der Waals surface area contributed by atoms with Crippen LogP contribution in [0.1, 0.15) is 5.56 Å². The minimum atomic E-state index is -0.486. The Bertz CT molecular complexity index is 860. The molecule has 0 aliphatic carbocycles. The number of imidazole rings is 1. The van der Waals surface area contributed by atoms with Gasteiger partial charge in [-0.05, 0) is 11.6 Å². The molecule has 0 atom stereocenters. The molecule has 0 fully saturated rings. The van der Waals surface area contributed by atoms with E-state index in [1.807, 2.05) is 30.3 Å². The number of benzene rings is 2. The summed E-state index contributed by atoms with van der Waals surface area (Å²) >= 11 is 0. The summed E-state index contributed by atoms with van der Waals surface area (Å²) in [6.07, 6.45) is 0. The number of fused-ring (bicyclic) bond motifs is 1. The molecule has 3 rings (SSSR count). The number of aromatic amines is 1. The molecule has 1 aromatic heterocycles. The largest absolute Gasteiger partial charge is 0.334 e. The highest BCUT2D eigenvalue weighted by molar-refractivity contribution is 5.90. The number of carbonyl (C=O) groups excluding carboxylic acids is 1. The van der Waals surface area contributed by atoms with E-state index < -0.39 is 11.0 Å². The average Bonchev–Trinajstić information content (AvgIpc) is 2.95. The third-order valence-electron chi connectivity index (χ3n) is 3.20. The normalized spacial score (nSPS) is 10.4. The number of hydrogen-bond donors (Lipinski definition) is 3. The van der Waals surface area contributed by atoms with Crippen LogP contribution < -0.4 is 10.6 Å². The Morgan fingerprint density at radius 3 is 2.74 bits per heavy atom. The number of rotatable bonds is 4. The number of nitro groups is 1. The molecular weight excluding hydrogens is 298 g/mol. The van der Waals surface area contributed by atoms with Gasteiger partial charge in [-0.3, -0.25) is 15.4 Å². The maximum atomic E-state index is 11.8. The predicted octanol–water partition coefficient (Wildman–Crippen LogP) is 2.79. The van der Waals surface area contributed by atoms with Gasteiger partial charge in [0, 0.05) is 18.7 Å². The lowest BCUT2D eigenvalue weighted by atomic mass is 10.2. The molecule has 0 spiro atoms. The zero-order valence-corrected chi connectivity index (χ0v) is 11.9. The first-order valence-corrected chi connectivity index (χ1v) is 6.85. The number of anilines is 1. The molecule has 1 heterocycles. The van der Waals surface area contributed by atoms with Crippen molar-refractivity contribution in [3.05, 3.63) is 64.2 Å². The van der Waals surface area contributed by atoms with Crippen LogP contribution in [-0.4, -0.2) is 20.9 Å². The Kier molecular flexibility index (Phi) is 3.88. The van der Waals surface area contributed by atoms with Crippen LogP contribution in [0.15, 0.2) is 48.5 Å². The summed E-state index contributed by atoms with van der Waals surface area (Å²) in [6.45, 7) is 0.387. The van der Waals surface area contributed by atoms with E-state index in [1.54, 1.807) is 0 Å². The first-order valence-electron chi connectivity index (χ1n) is 6.85. The number of non-ortho nitro benzene ring substituents is 1. The van der Waals surface area contributed by atoms with Gasteiger partial charge in [-0.1, -0.05) is 30.3 Å². The molecular formula is C15H13N5O3. The third kappa shape index (κ3) is 3.43. The van der Waals surface area contributed by atoms with Crippen LogP contribution in [-0.2, 0) is 6.54 Å². The van der Waals surface area contributed by atoms with E-state index >= 15 is 0 Å². The zero-order chi connectivity index (χ0) is 16.2. The molecule has 8 heteroatoms. The van der Waals surface area contributed by atoms with Gasteiger partial charge in [0.25, 0.3) is 5.69 Å². The molecule has 2 aromatic carbocycles. The Morgan fingerprint density at radius 2 is 2.00 bits per heavy atom. The second kappa shape index (κ2) is 6.14. The van der Waals surface area contributed by atoms with Gasteiger partial charge in [0.05, 0.1) is 16.0 Å². The minimum absolute atomic E-state index is 0.0405. The quantitative estimate of drug-likeness (QED) is 0.508. The second-order valence-electron chi connectivity index (χ2n) is 4.84. The minimum Gasteiger partial charge on any atom is -0.334 e. The summed E-state index contributed by atoms with van der Waals surface area (Å²) in [5, 5.41) is 16.0. The molecule has 23 heavy (non-hydrogen) atoms. The summed E-state index contributed by atoms with van der Waals surface area (Å²) in [4.78, 5) is 29.1. The maximum Gasteiger partial charge on any atom is 0.321 e. The summed E-state index contributed by atoms with van der Waals surface area (Å²) in [5.41, 5.74) is 1.95. The van der Waals surface area contributed by atoms with Crippen LogP contribution in [0.2, 0.25) is 0 Å². The molecule has 0 aliphatic rings. The monoisotopic (exact) mass is 311 g/mol. The van der Waals surface area contributed by atoms with E-state index in [4.69, 9.17) is 0 Å².